The molecule has 0 aliphatic carbocycles. The summed E-state index contributed by atoms with van der Waals surface area (Å²) < 4.78 is 4.44. The first-order chi connectivity index (χ1) is 10.8. The van der Waals surface area contributed by atoms with E-state index < -0.39 is 0 Å². The second-order valence-corrected chi connectivity index (χ2v) is 6.08. The Hall–Kier alpha value is -2.17. The lowest BCUT2D eigenvalue weighted by atomic mass is 10.1. The second-order valence-electron chi connectivity index (χ2n) is 6.08. The van der Waals surface area contributed by atoms with Crippen molar-refractivity contribution >= 4 is 5.65 Å². The van der Waals surface area contributed by atoms with Gasteiger partial charge in [0.1, 0.15) is 17.2 Å². The van der Waals surface area contributed by atoms with Gasteiger partial charge in [-0.1, -0.05) is 25.3 Å². The Bertz CT molecular complexity index is 799. The van der Waals surface area contributed by atoms with Crippen LogP contribution in [-0.2, 0) is 13.0 Å². The monoisotopic (exact) mass is 295 g/mol. The first-order valence-corrected chi connectivity index (χ1v) is 8.21. The summed E-state index contributed by atoms with van der Waals surface area (Å²) in [7, 11) is 0. The number of hydrogen-bond acceptors (Lipinski definition) is 3. The fourth-order valence-corrected chi connectivity index (χ4v) is 3.40. The van der Waals surface area contributed by atoms with Crippen LogP contribution in [0.15, 0.2) is 24.4 Å². The van der Waals surface area contributed by atoms with Crippen molar-refractivity contribution in [2.75, 3.05) is 0 Å². The highest BCUT2D eigenvalue weighted by atomic mass is 15.3. The van der Waals surface area contributed by atoms with Gasteiger partial charge in [0.2, 0.25) is 0 Å². The van der Waals surface area contributed by atoms with Crippen molar-refractivity contribution in [2.24, 2.45) is 0 Å². The lowest BCUT2D eigenvalue weighted by Gasteiger charge is -2.09. The van der Waals surface area contributed by atoms with E-state index in [0.717, 1.165) is 41.6 Å². The number of hydrogen-bond donors (Lipinski definition) is 0. The highest BCUT2D eigenvalue weighted by molar-refractivity contribution is 5.61. The molecule has 0 fully saturated rings. The maximum atomic E-state index is 4.66. The van der Waals surface area contributed by atoms with Gasteiger partial charge in [0.15, 0.2) is 5.82 Å². The number of imidazole rings is 1. The van der Waals surface area contributed by atoms with Gasteiger partial charge in [-0.2, -0.15) is 0 Å². The molecule has 5 heteroatoms. The maximum Gasteiger partial charge on any atom is 0.182 e. The Morgan fingerprint density at radius 3 is 2.82 bits per heavy atom. The van der Waals surface area contributed by atoms with Crippen molar-refractivity contribution in [3.63, 3.8) is 0 Å². The summed E-state index contributed by atoms with van der Waals surface area (Å²) in [6.45, 7) is 3.07. The molecule has 0 aromatic carbocycles. The molecule has 0 unspecified atom stereocenters. The average molecular weight is 295 g/mol. The van der Waals surface area contributed by atoms with E-state index >= 15 is 0 Å². The minimum absolute atomic E-state index is 0.966. The standard InChI is InChI=1S/C17H21N5/c1-13-16(21-11-8-6-9-14(21)18-13)17-20-19-15-10-5-3-2-4-7-12-22(15)17/h6,8-9,11H,2-5,7,10,12H2,1H3. The summed E-state index contributed by atoms with van der Waals surface area (Å²) in [5.74, 6) is 2.09. The first kappa shape index (κ1) is 13.5. The SMILES string of the molecule is Cc1nc2ccccn2c1-c1nnc2n1CCCCCCC2. The smallest absolute Gasteiger partial charge is 0.182 e. The molecule has 0 saturated carbocycles. The molecule has 0 saturated heterocycles. The third-order valence-electron chi connectivity index (χ3n) is 4.53. The van der Waals surface area contributed by atoms with Crippen LogP contribution in [0.5, 0.6) is 0 Å². The molecular weight excluding hydrogens is 274 g/mol. The molecule has 4 heterocycles. The minimum atomic E-state index is 0.966. The molecule has 0 amide bonds. The molecular formula is C17H21N5. The summed E-state index contributed by atoms with van der Waals surface area (Å²) in [6, 6.07) is 6.09. The van der Waals surface area contributed by atoms with Gasteiger partial charge in [-0.25, -0.2) is 4.98 Å². The molecule has 0 spiro atoms. The summed E-state index contributed by atoms with van der Waals surface area (Å²) in [5.41, 5.74) is 3.06. The van der Waals surface area contributed by atoms with Crippen molar-refractivity contribution < 1.29 is 0 Å². The van der Waals surface area contributed by atoms with Gasteiger partial charge >= 0.3 is 0 Å². The fraction of sp³-hybridized carbons (Fsp3) is 0.471. The van der Waals surface area contributed by atoms with Gasteiger partial charge in [-0.15, -0.1) is 10.2 Å². The zero-order valence-corrected chi connectivity index (χ0v) is 13.0. The molecule has 3 aromatic heterocycles. The largest absolute Gasteiger partial charge is 0.310 e. The second kappa shape index (κ2) is 5.55. The van der Waals surface area contributed by atoms with Crippen molar-refractivity contribution in [3.05, 3.63) is 35.9 Å². The Morgan fingerprint density at radius 2 is 1.86 bits per heavy atom. The van der Waals surface area contributed by atoms with Crippen LogP contribution in [0.25, 0.3) is 17.2 Å². The van der Waals surface area contributed by atoms with Crippen LogP contribution in [0, 0.1) is 6.92 Å². The number of nitrogens with zero attached hydrogens (tertiary/aromatic N) is 5. The predicted octanol–water partition coefficient (Wildman–Crippen LogP) is 3.41. The Balaban J connectivity index is 1.87. The molecule has 4 rings (SSSR count). The summed E-state index contributed by atoms with van der Waals surface area (Å²) in [4.78, 5) is 4.66. The lowest BCUT2D eigenvalue weighted by Crippen LogP contribution is -2.06. The van der Waals surface area contributed by atoms with E-state index in [2.05, 4.69) is 37.3 Å². The van der Waals surface area contributed by atoms with Gasteiger partial charge in [0, 0.05) is 19.2 Å². The summed E-state index contributed by atoms with van der Waals surface area (Å²) >= 11 is 0. The molecule has 0 bridgehead atoms. The van der Waals surface area contributed by atoms with E-state index in [0.29, 0.717) is 0 Å². The van der Waals surface area contributed by atoms with Crippen LogP contribution in [-0.4, -0.2) is 24.1 Å². The highest BCUT2D eigenvalue weighted by Crippen LogP contribution is 2.25. The number of aromatic nitrogens is 5. The maximum absolute atomic E-state index is 4.66. The van der Waals surface area contributed by atoms with Crippen LogP contribution >= 0.6 is 0 Å². The topological polar surface area (TPSA) is 48.0 Å². The number of fused-ring (bicyclic) bond motifs is 2. The van der Waals surface area contributed by atoms with Gasteiger partial charge in [-0.05, 0) is 31.9 Å². The fourth-order valence-electron chi connectivity index (χ4n) is 3.40. The van der Waals surface area contributed by atoms with Gasteiger partial charge < -0.3 is 4.57 Å². The zero-order valence-electron chi connectivity index (χ0n) is 13.0. The Labute approximate surface area is 130 Å². The molecule has 1 aliphatic rings. The molecule has 5 nitrogen and oxygen atoms in total. The Morgan fingerprint density at radius 1 is 1.00 bits per heavy atom. The van der Waals surface area contributed by atoms with Crippen LogP contribution in [0.4, 0.5) is 0 Å². The minimum Gasteiger partial charge on any atom is -0.310 e. The molecule has 114 valence electrons. The van der Waals surface area contributed by atoms with Crippen molar-refractivity contribution in [3.8, 4) is 11.5 Å². The molecule has 3 aromatic rings. The molecule has 0 radical (unpaired) electrons. The van der Waals surface area contributed by atoms with Crippen LogP contribution in [0.2, 0.25) is 0 Å². The average Bonchev–Trinajstić information content (AvgIpc) is 3.07. The van der Waals surface area contributed by atoms with E-state index in [1.54, 1.807) is 0 Å². The molecule has 22 heavy (non-hydrogen) atoms. The van der Waals surface area contributed by atoms with Crippen molar-refractivity contribution in [2.45, 2.75) is 52.0 Å². The molecule has 1 aliphatic heterocycles. The van der Waals surface area contributed by atoms with E-state index in [9.17, 15) is 0 Å². The van der Waals surface area contributed by atoms with Crippen LogP contribution < -0.4 is 0 Å². The quantitative estimate of drug-likeness (QED) is 0.691. The van der Waals surface area contributed by atoms with E-state index in [-0.39, 0.29) is 0 Å². The normalized spacial score (nSPS) is 16.0. The number of aryl methyl sites for hydroxylation is 2. The summed E-state index contributed by atoms with van der Waals surface area (Å²) in [5, 5.41) is 8.99. The lowest BCUT2D eigenvalue weighted by molar-refractivity contribution is 0.586. The van der Waals surface area contributed by atoms with Crippen LogP contribution in [0.1, 0.15) is 43.6 Å². The number of rotatable bonds is 1. The zero-order chi connectivity index (χ0) is 14.9. The first-order valence-electron chi connectivity index (χ1n) is 8.21. The third kappa shape index (κ3) is 2.21. The summed E-state index contributed by atoms with van der Waals surface area (Å²) in [6.07, 6.45) is 9.44. The van der Waals surface area contributed by atoms with E-state index in [1.807, 2.05) is 18.2 Å². The van der Waals surface area contributed by atoms with Gasteiger partial charge in [0.05, 0.1) is 5.69 Å². The predicted molar refractivity (Wildman–Crippen MR) is 85.7 cm³/mol. The molecule has 0 atom stereocenters. The van der Waals surface area contributed by atoms with Gasteiger partial charge in [0.25, 0.3) is 0 Å². The number of pyridine rings is 1. The van der Waals surface area contributed by atoms with Crippen molar-refractivity contribution in [1.82, 2.24) is 24.1 Å². The highest BCUT2D eigenvalue weighted by Gasteiger charge is 2.20. The van der Waals surface area contributed by atoms with Gasteiger partial charge in [-0.3, -0.25) is 4.40 Å². The van der Waals surface area contributed by atoms with E-state index in [4.69, 9.17) is 0 Å². The van der Waals surface area contributed by atoms with Crippen LogP contribution in [0.3, 0.4) is 0 Å². The Kier molecular flexibility index (Phi) is 3.41. The molecule has 0 N–H and O–H groups in total. The van der Waals surface area contributed by atoms with E-state index in [1.165, 1.54) is 32.1 Å². The van der Waals surface area contributed by atoms with Crippen molar-refractivity contribution in [1.29, 1.82) is 0 Å². The third-order valence-corrected chi connectivity index (χ3v) is 4.53.